The van der Waals surface area contributed by atoms with Crippen molar-refractivity contribution < 1.29 is 9.47 Å². The molecule has 2 heterocycles. The molecular weight excluding hydrogens is 391 g/mol. The summed E-state index contributed by atoms with van der Waals surface area (Å²) in [6.45, 7) is 7.97. The molecule has 2 aliphatic rings. The number of hydrogen-bond donors (Lipinski definition) is 0. The van der Waals surface area contributed by atoms with Gasteiger partial charge in [0, 0.05) is 0 Å². The van der Waals surface area contributed by atoms with Gasteiger partial charge in [0.25, 0.3) is 0 Å². The Kier molecular flexibility index (Phi) is 8.81. The van der Waals surface area contributed by atoms with E-state index in [0.717, 1.165) is 13.0 Å². The Morgan fingerprint density at radius 3 is 2.13 bits per heavy atom. The second kappa shape index (κ2) is 10.3. The fraction of sp³-hybridized carbons (Fsp3) is 0.900. The van der Waals surface area contributed by atoms with Gasteiger partial charge in [-0.3, -0.25) is 0 Å². The van der Waals surface area contributed by atoms with Gasteiger partial charge in [0.15, 0.2) is 0 Å². The molecule has 0 aromatic rings. The van der Waals surface area contributed by atoms with Crippen LogP contribution in [0.3, 0.4) is 0 Å². The van der Waals surface area contributed by atoms with Crippen LogP contribution in [0.25, 0.3) is 0 Å². The minimum absolute atomic E-state index is 0.347. The van der Waals surface area contributed by atoms with E-state index in [9.17, 15) is 0 Å². The van der Waals surface area contributed by atoms with E-state index in [2.05, 4.69) is 26.8 Å². The van der Waals surface area contributed by atoms with Crippen LogP contribution < -0.4 is 0 Å². The van der Waals surface area contributed by atoms with Crippen LogP contribution in [-0.4, -0.2) is 37.2 Å². The third-order valence-electron chi connectivity index (χ3n) is 5.74. The molecule has 2 nitrogen and oxygen atoms in total. The van der Waals surface area contributed by atoms with Crippen LogP contribution in [0.4, 0.5) is 0 Å². The molecule has 0 N–H and O–H groups in total. The number of rotatable bonds is 10. The predicted octanol–water partition coefficient (Wildman–Crippen LogP) is 6.23. The van der Waals surface area contributed by atoms with Crippen molar-refractivity contribution >= 4 is 18.4 Å². The molecule has 3 heteroatoms. The summed E-state index contributed by atoms with van der Waals surface area (Å²) in [5, 5.41) is 0. The first kappa shape index (κ1) is 19.6. The molecule has 1 fully saturated rings. The zero-order valence-corrected chi connectivity index (χ0v) is 18.6. The van der Waals surface area contributed by atoms with Crippen LogP contribution in [0, 0.1) is 0 Å². The Bertz CT molecular complexity index is 345. The third kappa shape index (κ3) is 5.39. The molecule has 2 atom stereocenters. The fourth-order valence-electron chi connectivity index (χ4n) is 4.23. The van der Waals surface area contributed by atoms with Crippen molar-refractivity contribution in [3.63, 3.8) is 0 Å². The van der Waals surface area contributed by atoms with Crippen LogP contribution in [-0.2, 0) is 9.47 Å². The average molecular weight is 429 g/mol. The number of hydrogen-bond acceptors (Lipinski definition) is 2. The fourth-order valence-corrected chi connectivity index (χ4v) is 20.0. The van der Waals surface area contributed by atoms with E-state index < -0.39 is 18.4 Å². The second-order valence-electron chi connectivity index (χ2n) is 7.60. The van der Waals surface area contributed by atoms with Gasteiger partial charge < -0.3 is 0 Å². The van der Waals surface area contributed by atoms with Crippen molar-refractivity contribution in [2.75, 3.05) is 6.61 Å². The van der Waals surface area contributed by atoms with E-state index in [1.807, 2.05) is 0 Å². The molecule has 0 unspecified atom stereocenters. The average Bonchev–Trinajstić information content (AvgIpc) is 2.61. The Balaban J connectivity index is 2.16. The molecule has 0 aromatic carbocycles. The van der Waals surface area contributed by atoms with E-state index in [0.29, 0.717) is 12.2 Å². The molecule has 0 bridgehead atoms. The van der Waals surface area contributed by atoms with Crippen molar-refractivity contribution in [1.82, 2.24) is 0 Å². The molecule has 0 aromatic heterocycles. The molecule has 2 rings (SSSR count). The van der Waals surface area contributed by atoms with Crippen molar-refractivity contribution in [1.29, 1.82) is 0 Å². The summed E-state index contributed by atoms with van der Waals surface area (Å²) in [6.07, 6.45) is 14.9. The molecule has 0 aliphatic carbocycles. The van der Waals surface area contributed by atoms with E-state index >= 15 is 0 Å². The van der Waals surface area contributed by atoms with Crippen molar-refractivity contribution in [2.24, 2.45) is 0 Å². The monoisotopic (exact) mass is 430 g/mol. The third-order valence-corrected chi connectivity index (χ3v) is 20.9. The van der Waals surface area contributed by atoms with E-state index in [-0.39, 0.29) is 0 Å². The van der Waals surface area contributed by atoms with Crippen molar-refractivity contribution in [3.8, 4) is 0 Å². The van der Waals surface area contributed by atoms with Crippen molar-refractivity contribution in [2.45, 2.75) is 104 Å². The Hall–Kier alpha value is 0.299. The molecule has 23 heavy (non-hydrogen) atoms. The van der Waals surface area contributed by atoms with Gasteiger partial charge in [-0.05, 0) is 0 Å². The van der Waals surface area contributed by atoms with E-state index in [1.54, 1.807) is 3.78 Å². The summed E-state index contributed by atoms with van der Waals surface area (Å²) in [5.74, 6) is 0. The first-order valence-electron chi connectivity index (χ1n) is 10.2. The maximum atomic E-state index is 6.68. The number of ether oxygens (including phenoxy) is 2. The summed E-state index contributed by atoms with van der Waals surface area (Å²) in [7, 11) is 0. The van der Waals surface area contributed by atoms with E-state index in [4.69, 9.17) is 9.47 Å². The topological polar surface area (TPSA) is 18.5 Å². The van der Waals surface area contributed by atoms with Gasteiger partial charge in [0.05, 0.1) is 0 Å². The summed E-state index contributed by atoms with van der Waals surface area (Å²) in [6, 6.07) is 0. The Labute approximate surface area is 148 Å². The first-order chi connectivity index (χ1) is 11.3. The minimum atomic E-state index is -2.34. The SMILES string of the molecule is CCC[CH2][Sn]([CH2]CCC)([CH2]CCC)[C]1=CC[C@@H]2OCCC[C@H]2O1. The predicted molar refractivity (Wildman–Crippen MR) is 101 cm³/mol. The molecule has 0 radical (unpaired) electrons. The van der Waals surface area contributed by atoms with Gasteiger partial charge in [0.2, 0.25) is 0 Å². The molecule has 134 valence electrons. The number of fused-ring (bicyclic) bond motifs is 1. The summed E-state index contributed by atoms with van der Waals surface area (Å²) < 4.78 is 18.7. The van der Waals surface area contributed by atoms with Gasteiger partial charge in [0.1, 0.15) is 0 Å². The van der Waals surface area contributed by atoms with Crippen LogP contribution in [0.5, 0.6) is 0 Å². The molecule has 1 saturated heterocycles. The molecule has 0 saturated carbocycles. The molecule has 0 spiro atoms. The second-order valence-corrected chi connectivity index (χ2v) is 20.6. The number of unbranched alkanes of at least 4 members (excludes halogenated alkanes) is 3. The zero-order chi connectivity index (χ0) is 16.5. The molecule has 0 amide bonds. The first-order valence-corrected chi connectivity index (χ1v) is 17.7. The van der Waals surface area contributed by atoms with Crippen LogP contribution in [0.2, 0.25) is 13.3 Å². The van der Waals surface area contributed by atoms with Crippen LogP contribution in [0.1, 0.15) is 78.6 Å². The quantitative estimate of drug-likeness (QED) is 0.384. The van der Waals surface area contributed by atoms with Gasteiger partial charge >= 0.3 is 148 Å². The molecule has 2 aliphatic heterocycles. The zero-order valence-electron chi connectivity index (χ0n) is 15.7. The van der Waals surface area contributed by atoms with Gasteiger partial charge in [-0.25, -0.2) is 0 Å². The molecular formula is C20H38O2Sn. The normalized spacial score (nSPS) is 24.7. The maximum absolute atomic E-state index is 6.68. The van der Waals surface area contributed by atoms with Gasteiger partial charge in [-0.15, -0.1) is 0 Å². The van der Waals surface area contributed by atoms with Gasteiger partial charge in [-0.2, -0.15) is 0 Å². The Morgan fingerprint density at radius 1 is 0.957 bits per heavy atom. The standard InChI is InChI=1S/C8H11O2.3C4H9.Sn/c1-3-7-8(9-5-1)4-2-6-10-7;3*1-3-4-2;/h1,7-8H,2-4,6H2;3*1,3-4H2,2H3;/t7-,8+;;;;/m0..../s1. The van der Waals surface area contributed by atoms with Crippen molar-refractivity contribution in [3.05, 3.63) is 9.85 Å². The van der Waals surface area contributed by atoms with Crippen LogP contribution in [0.15, 0.2) is 9.85 Å². The Morgan fingerprint density at radius 2 is 1.57 bits per heavy atom. The van der Waals surface area contributed by atoms with Crippen LogP contribution >= 0.6 is 0 Å². The van der Waals surface area contributed by atoms with Gasteiger partial charge in [-0.1, -0.05) is 0 Å². The van der Waals surface area contributed by atoms with E-state index in [1.165, 1.54) is 64.7 Å². The summed E-state index contributed by atoms with van der Waals surface area (Å²) in [4.78, 5) is 0. The summed E-state index contributed by atoms with van der Waals surface area (Å²) >= 11 is -2.34. The summed E-state index contributed by atoms with van der Waals surface area (Å²) in [5.41, 5.74) is 0.